The zero-order valence-corrected chi connectivity index (χ0v) is 17.9. The van der Waals surface area contributed by atoms with Crippen LogP contribution in [0.1, 0.15) is 33.8 Å². The Hall–Kier alpha value is -2.86. The van der Waals surface area contributed by atoms with Crippen molar-refractivity contribution in [3.8, 4) is 5.75 Å². The molecule has 0 saturated carbocycles. The molecule has 1 N–H and O–H groups in total. The van der Waals surface area contributed by atoms with Gasteiger partial charge in [0.2, 0.25) is 5.91 Å². The summed E-state index contributed by atoms with van der Waals surface area (Å²) in [6, 6.07) is 15.4. The number of carbonyl (C=O) groups excluding carboxylic acids is 2. The van der Waals surface area contributed by atoms with E-state index in [4.69, 9.17) is 9.47 Å². The average Bonchev–Trinajstić information content (AvgIpc) is 3.22. The van der Waals surface area contributed by atoms with Gasteiger partial charge in [-0.25, -0.2) is 0 Å². The van der Waals surface area contributed by atoms with Crippen LogP contribution in [0.15, 0.2) is 48.5 Å². The number of nitrogens with zero attached hydrogens (tertiary/aromatic N) is 1. The lowest BCUT2D eigenvalue weighted by Gasteiger charge is -2.18. The van der Waals surface area contributed by atoms with Gasteiger partial charge in [0.1, 0.15) is 5.75 Å². The summed E-state index contributed by atoms with van der Waals surface area (Å²) in [5.74, 6) is 0.216. The number of hydrogen-bond acceptors (Lipinski definition) is 4. The van der Waals surface area contributed by atoms with E-state index in [1.807, 2.05) is 13.0 Å². The Morgan fingerprint density at radius 1 is 1.10 bits per heavy atom. The predicted molar refractivity (Wildman–Crippen MR) is 116 cm³/mol. The second kappa shape index (κ2) is 10.3. The highest BCUT2D eigenvalue weighted by Crippen LogP contribution is 2.34. The summed E-state index contributed by atoms with van der Waals surface area (Å²) in [5, 5.41) is 3.01. The third-order valence-electron chi connectivity index (χ3n) is 5.59. The molecule has 0 aromatic heterocycles. The molecule has 6 nitrogen and oxygen atoms in total. The van der Waals surface area contributed by atoms with Crippen molar-refractivity contribution in [2.75, 3.05) is 40.5 Å². The quantitative estimate of drug-likeness (QED) is 0.680. The van der Waals surface area contributed by atoms with Gasteiger partial charge in [0, 0.05) is 44.8 Å². The molecule has 2 amide bonds. The van der Waals surface area contributed by atoms with Crippen molar-refractivity contribution in [3.63, 3.8) is 0 Å². The maximum Gasteiger partial charge on any atom is 0.254 e. The van der Waals surface area contributed by atoms with Crippen LogP contribution in [-0.2, 0) is 9.53 Å². The van der Waals surface area contributed by atoms with Crippen LogP contribution in [0, 0.1) is 12.8 Å². The second-order valence-electron chi connectivity index (χ2n) is 7.70. The third-order valence-corrected chi connectivity index (χ3v) is 5.59. The van der Waals surface area contributed by atoms with E-state index in [-0.39, 0.29) is 23.7 Å². The monoisotopic (exact) mass is 410 g/mol. The topological polar surface area (TPSA) is 67.9 Å². The number of rotatable bonds is 8. The highest BCUT2D eigenvalue weighted by atomic mass is 16.5. The summed E-state index contributed by atoms with van der Waals surface area (Å²) in [5.41, 5.74) is 2.82. The minimum absolute atomic E-state index is 0.0161. The maximum absolute atomic E-state index is 13.1. The minimum Gasteiger partial charge on any atom is -0.497 e. The van der Waals surface area contributed by atoms with Gasteiger partial charge in [-0.2, -0.15) is 0 Å². The van der Waals surface area contributed by atoms with Crippen molar-refractivity contribution >= 4 is 11.8 Å². The first kappa shape index (κ1) is 21.8. The Labute approximate surface area is 178 Å². The van der Waals surface area contributed by atoms with Gasteiger partial charge in [-0.3, -0.25) is 9.59 Å². The molecule has 2 unspecified atom stereocenters. The summed E-state index contributed by atoms with van der Waals surface area (Å²) in [6.45, 7) is 4.11. The van der Waals surface area contributed by atoms with E-state index in [0.717, 1.165) is 12.0 Å². The molecule has 2 aromatic carbocycles. The summed E-state index contributed by atoms with van der Waals surface area (Å²) < 4.78 is 10.3. The van der Waals surface area contributed by atoms with Crippen LogP contribution in [0.4, 0.5) is 0 Å². The molecule has 0 bridgehead atoms. The lowest BCUT2D eigenvalue weighted by molar-refractivity contribution is -0.124. The van der Waals surface area contributed by atoms with Gasteiger partial charge in [0.25, 0.3) is 5.91 Å². The lowest BCUT2D eigenvalue weighted by atomic mass is 9.88. The van der Waals surface area contributed by atoms with Crippen molar-refractivity contribution in [2.24, 2.45) is 5.92 Å². The number of ether oxygens (including phenoxy) is 2. The van der Waals surface area contributed by atoms with Crippen LogP contribution in [0.3, 0.4) is 0 Å². The molecule has 1 aliphatic rings. The lowest BCUT2D eigenvalue weighted by Crippen LogP contribution is -2.36. The first-order valence-corrected chi connectivity index (χ1v) is 10.3. The number of aryl methyl sites for hydroxylation is 1. The number of nitrogens with one attached hydrogen (secondary N) is 1. The van der Waals surface area contributed by atoms with Gasteiger partial charge in [0.15, 0.2) is 0 Å². The van der Waals surface area contributed by atoms with E-state index in [9.17, 15) is 9.59 Å². The summed E-state index contributed by atoms with van der Waals surface area (Å²) in [7, 11) is 3.23. The highest BCUT2D eigenvalue weighted by molar-refractivity contribution is 5.95. The number of methoxy groups -OCH3 is 2. The van der Waals surface area contributed by atoms with Crippen LogP contribution in [0.25, 0.3) is 0 Å². The second-order valence-corrected chi connectivity index (χ2v) is 7.70. The van der Waals surface area contributed by atoms with Crippen LogP contribution < -0.4 is 10.1 Å². The van der Waals surface area contributed by atoms with Crippen molar-refractivity contribution in [2.45, 2.75) is 19.3 Å². The van der Waals surface area contributed by atoms with Gasteiger partial charge in [-0.1, -0.05) is 35.9 Å². The van der Waals surface area contributed by atoms with E-state index >= 15 is 0 Å². The minimum atomic E-state index is -0.287. The van der Waals surface area contributed by atoms with E-state index in [1.165, 1.54) is 5.56 Å². The molecule has 6 heteroatoms. The molecule has 1 aliphatic heterocycles. The zero-order chi connectivity index (χ0) is 21.5. The maximum atomic E-state index is 13.1. The van der Waals surface area contributed by atoms with Crippen LogP contribution in [0.2, 0.25) is 0 Å². The SMILES string of the molecule is COCCCNC(=O)C1CN(C(=O)c2cccc(OC)c2)CC1c1ccc(C)cc1. The molecule has 160 valence electrons. The summed E-state index contributed by atoms with van der Waals surface area (Å²) >= 11 is 0. The van der Waals surface area contributed by atoms with Gasteiger partial charge in [-0.05, 0) is 37.1 Å². The predicted octanol–water partition coefficient (Wildman–Crippen LogP) is 3.01. The Bertz CT molecular complexity index is 866. The summed E-state index contributed by atoms with van der Waals surface area (Å²) in [4.78, 5) is 27.9. The molecule has 0 aliphatic carbocycles. The zero-order valence-electron chi connectivity index (χ0n) is 17.9. The molecule has 2 aromatic rings. The molecular weight excluding hydrogens is 380 g/mol. The standard InChI is InChI=1S/C24H30N2O4/c1-17-8-10-18(11-9-17)21-15-26(16-22(21)23(27)25-12-5-13-29-2)24(28)19-6-4-7-20(14-19)30-3/h4,6-11,14,21-22H,5,12-13,15-16H2,1-3H3,(H,25,27). The normalized spacial score (nSPS) is 18.3. The van der Waals surface area contributed by atoms with Crippen molar-refractivity contribution in [1.29, 1.82) is 0 Å². The van der Waals surface area contributed by atoms with Crippen molar-refractivity contribution in [3.05, 3.63) is 65.2 Å². The molecule has 1 fully saturated rings. The van der Waals surface area contributed by atoms with Crippen LogP contribution >= 0.6 is 0 Å². The number of likely N-dealkylation sites (tertiary alicyclic amines) is 1. The van der Waals surface area contributed by atoms with Gasteiger partial charge in [-0.15, -0.1) is 0 Å². The molecule has 30 heavy (non-hydrogen) atoms. The number of hydrogen-bond donors (Lipinski definition) is 1. The fraction of sp³-hybridized carbons (Fsp3) is 0.417. The molecular formula is C24H30N2O4. The van der Waals surface area contributed by atoms with Crippen LogP contribution in [-0.4, -0.2) is 57.2 Å². The van der Waals surface area contributed by atoms with E-state index in [1.54, 1.807) is 37.3 Å². The van der Waals surface area contributed by atoms with E-state index < -0.39 is 0 Å². The van der Waals surface area contributed by atoms with Gasteiger partial charge >= 0.3 is 0 Å². The van der Waals surface area contributed by atoms with Crippen molar-refractivity contribution in [1.82, 2.24) is 10.2 Å². The Morgan fingerprint density at radius 3 is 2.57 bits per heavy atom. The fourth-order valence-corrected chi connectivity index (χ4v) is 3.88. The third kappa shape index (κ3) is 5.19. The van der Waals surface area contributed by atoms with Gasteiger partial charge in [0.05, 0.1) is 13.0 Å². The molecule has 0 radical (unpaired) electrons. The molecule has 3 rings (SSSR count). The molecule has 1 heterocycles. The number of carbonyl (C=O) groups is 2. The smallest absolute Gasteiger partial charge is 0.254 e. The fourth-order valence-electron chi connectivity index (χ4n) is 3.88. The molecule has 2 atom stereocenters. The summed E-state index contributed by atoms with van der Waals surface area (Å²) in [6.07, 6.45) is 0.761. The molecule has 1 saturated heterocycles. The number of benzene rings is 2. The Kier molecular flexibility index (Phi) is 7.46. The van der Waals surface area contributed by atoms with Crippen molar-refractivity contribution < 1.29 is 19.1 Å². The number of amides is 2. The average molecular weight is 411 g/mol. The highest BCUT2D eigenvalue weighted by Gasteiger charge is 2.40. The first-order valence-electron chi connectivity index (χ1n) is 10.3. The van der Waals surface area contributed by atoms with E-state index in [0.29, 0.717) is 37.6 Å². The van der Waals surface area contributed by atoms with Gasteiger partial charge < -0.3 is 19.7 Å². The van der Waals surface area contributed by atoms with Crippen LogP contribution in [0.5, 0.6) is 5.75 Å². The Balaban J connectivity index is 1.79. The first-order chi connectivity index (χ1) is 14.5. The Morgan fingerprint density at radius 2 is 1.87 bits per heavy atom. The van der Waals surface area contributed by atoms with E-state index in [2.05, 4.69) is 29.6 Å². The molecule has 0 spiro atoms. The largest absolute Gasteiger partial charge is 0.497 e.